The number of benzene rings is 2. The van der Waals surface area contributed by atoms with Gasteiger partial charge in [0, 0.05) is 18.1 Å². The largest absolute Gasteiger partial charge is 0.452 e. The molecule has 1 aliphatic rings. The number of carbonyl (C=O) groups excluding carboxylic acids is 2. The van der Waals surface area contributed by atoms with Crippen LogP contribution in [0, 0.1) is 0 Å². The first-order valence-corrected chi connectivity index (χ1v) is 11.0. The van der Waals surface area contributed by atoms with E-state index in [1.165, 1.54) is 40.7 Å². The van der Waals surface area contributed by atoms with Crippen molar-refractivity contribution in [3.63, 3.8) is 0 Å². The first-order chi connectivity index (χ1) is 13.8. The van der Waals surface area contributed by atoms with Gasteiger partial charge in [-0.2, -0.15) is 4.31 Å². The molecule has 0 saturated carbocycles. The van der Waals surface area contributed by atoms with Crippen LogP contribution in [0.1, 0.15) is 23.2 Å². The molecule has 1 aliphatic heterocycles. The fraction of sp³-hybridized carbons (Fsp3) is 0.263. The molecule has 0 radical (unpaired) electrons. The van der Waals surface area contributed by atoms with Crippen molar-refractivity contribution in [3.05, 3.63) is 58.1 Å². The molecule has 1 N–H and O–H groups in total. The number of ether oxygens (including phenoxy) is 1. The van der Waals surface area contributed by atoms with Crippen LogP contribution in [-0.4, -0.2) is 44.3 Å². The van der Waals surface area contributed by atoms with Gasteiger partial charge in [-0.05, 0) is 55.3 Å². The van der Waals surface area contributed by atoms with E-state index in [9.17, 15) is 18.0 Å². The Kier molecular flexibility index (Phi) is 6.79. The quantitative estimate of drug-likeness (QED) is 0.670. The molecule has 0 bridgehead atoms. The van der Waals surface area contributed by atoms with Gasteiger partial charge in [-0.15, -0.1) is 0 Å². The summed E-state index contributed by atoms with van der Waals surface area (Å²) >= 11 is 11.8. The number of rotatable bonds is 6. The van der Waals surface area contributed by atoms with Crippen LogP contribution in [0.15, 0.2) is 47.4 Å². The van der Waals surface area contributed by atoms with Crippen LogP contribution in [0.4, 0.5) is 5.69 Å². The summed E-state index contributed by atoms with van der Waals surface area (Å²) in [5, 5.41) is 3.19. The summed E-state index contributed by atoms with van der Waals surface area (Å²) < 4.78 is 31.4. The first kappa shape index (κ1) is 21.6. The summed E-state index contributed by atoms with van der Waals surface area (Å²) in [5.41, 5.74) is 0.440. The highest BCUT2D eigenvalue weighted by molar-refractivity contribution is 7.89. The molecule has 2 aromatic carbocycles. The molecule has 7 nitrogen and oxygen atoms in total. The van der Waals surface area contributed by atoms with E-state index in [1.807, 2.05) is 0 Å². The third kappa shape index (κ3) is 5.27. The van der Waals surface area contributed by atoms with Crippen LogP contribution in [0.5, 0.6) is 0 Å². The van der Waals surface area contributed by atoms with E-state index in [0.717, 1.165) is 12.8 Å². The van der Waals surface area contributed by atoms with Gasteiger partial charge >= 0.3 is 5.97 Å². The lowest BCUT2D eigenvalue weighted by Crippen LogP contribution is -2.27. The van der Waals surface area contributed by atoms with E-state index >= 15 is 0 Å². The smallest absolute Gasteiger partial charge is 0.338 e. The maximum atomic E-state index is 12.5. The predicted molar refractivity (Wildman–Crippen MR) is 110 cm³/mol. The summed E-state index contributed by atoms with van der Waals surface area (Å²) in [6.45, 7) is 0.464. The molecule has 0 unspecified atom stereocenters. The van der Waals surface area contributed by atoms with Gasteiger partial charge in [0.15, 0.2) is 6.61 Å². The Morgan fingerprint density at radius 2 is 1.69 bits per heavy atom. The molecule has 0 aromatic heterocycles. The van der Waals surface area contributed by atoms with E-state index in [1.54, 1.807) is 6.07 Å². The van der Waals surface area contributed by atoms with Crippen LogP contribution in [-0.2, 0) is 19.6 Å². The number of sulfonamides is 1. The molecule has 0 spiro atoms. The van der Waals surface area contributed by atoms with Gasteiger partial charge in [-0.1, -0.05) is 23.2 Å². The van der Waals surface area contributed by atoms with Gasteiger partial charge in [0.25, 0.3) is 5.91 Å². The molecule has 2 aromatic rings. The maximum Gasteiger partial charge on any atom is 0.338 e. The highest BCUT2D eigenvalue weighted by atomic mass is 35.5. The molecule has 0 aliphatic carbocycles. The third-order valence-electron chi connectivity index (χ3n) is 4.33. The van der Waals surface area contributed by atoms with Gasteiger partial charge < -0.3 is 10.1 Å². The molecular formula is C19H18Cl2N2O5S. The van der Waals surface area contributed by atoms with E-state index < -0.39 is 28.5 Å². The summed E-state index contributed by atoms with van der Waals surface area (Å²) in [4.78, 5) is 24.2. The highest BCUT2D eigenvalue weighted by Crippen LogP contribution is 2.25. The van der Waals surface area contributed by atoms with Crippen molar-refractivity contribution in [2.75, 3.05) is 25.0 Å². The number of hydrogen-bond acceptors (Lipinski definition) is 5. The minimum absolute atomic E-state index is 0.115. The molecule has 1 heterocycles. The summed E-state index contributed by atoms with van der Waals surface area (Å²) in [6.07, 6.45) is 1.68. The number of nitrogens with one attached hydrogen (secondary N) is 1. The molecule has 1 amide bonds. The van der Waals surface area contributed by atoms with Gasteiger partial charge in [0.05, 0.1) is 21.2 Å². The van der Waals surface area contributed by atoms with Gasteiger partial charge in [0.2, 0.25) is 10.0 Å². The second-order valence-electron chi connectivity index (χ2n) is 6.38. The Balaban J connectivity index is 1.58. The van der Waals surface area contributed by atoms with E-state index in [2.05, 4.69) is 5.32 Å². The predicted octanol–water partition coefficient (Wildman–Crippen LogP) is 3.57. The summed E-state index contributed by atoms with van der Waals surface area (Å²) in [7, 11) is -3.56. The molecule has 154 valence electrons. The Bertz CT molecular complexity index is 1020. The Labute approximate surface area is 178 Å². The normalized spacial score (nSPS) is 14.6. The third-order valence-corrected chi connectivity index (χ3v) is 6.81. The molecule has 29 heavy (non-hydrogen) atoms. The average molecular weight is 457 g/mol. The van der Waals surface area contributed by atoms with E-state index in [4.69, 9.17) is 27.9 Å². The van der Waals surface area contributed by atoms with Crippen LogP contribution >= 0.6 is 23.2 Å². The zero-order valence-electron chi connectivity index (χ0n) is 15.2. The van der Waals surface area contributed by atoms with Gasteiger partial charge in [0.1, 0.15) is 0 Å². The fourth-order valence-electron chi connectivity index (χ4n) is 2.83. The number of halogens is 2. The van der Waals surface area contributed by atoms with E-state index in [0.29, 0.717) is 28.8 Å². The van der Waals surface area contributed by atoms with Crippen molar-refractivity contribution in [1.29, 1.82) is 0 Å². The number of esters is 1. The first-order valence-electron chi connectivity index (χ1n) is 8.79. The maximum absolute atomic E-state index is 12.5. The van der Waals surface area contributed by atoms with Crippen molar-refractivity contribution in [2.24, 2.45) is 0 Å². The standard InChI is InChI=1S/C19H18Cl2N2O5S/c20-14-5-8-16(21)17(11-14)22-18(24)12-28-19(25)13-3-6-15(7-4-13)29(26,27)23-9-1-2-10-23/h3-8,11H,1-2,9-10,12H2,(H,22,24). The summed E-state index contributed by atoms with van der Waals surface area (Å²) in [6, 6.07) is 10.0. The molecular weight excluding hydrogens is 439 g/mol. The molecule has 10 heteroatoms. The molecule has 1 saturated heterocycles. The number of hydrogen-bond donors (Lipinski definition) is 1. The Hall–Kier alpha value is -2.13. The second kappa shape index (κ2) is 9.13. The molecule has 0 atom stereocenters. The lowest BCUT2D eigenvalue weighted by Gasteiger charge is -2.15. The highest BCUT2D eigenvalue weighted by Gasteiger charge is 2.27. The average Bonchev–Trinajstić information content (AvgIpc) is 3.25. The van der Waals surface area contributed by atoms with Gasteiger partial charge in [-0.25, -0.2) is 13.2 Å². The van der Waals surface area contributed by atoms with Crippen molar-refractivity contribution in [1.82, 2.24) is 4.31 Å². The van der Waals surface area contributed by atoms with Crippen LogP contribution in [0.2, 0.25) is 10.0 Å². The molecule has 1 fully saturated rings. The SMILES string of the molecule is O=C(COC(=O)c1ccc(S(=O)(=O)N2CCCC2)cc1)Nc1cc(Cl)ccc1Cl. The van der Waals surface area contributed by atoms with E-state index in [-0.39, 0.29) is 10.5 Å². The zero-order chi connectivity index (χ0) is 21.0. The van der Waals surface area contributed by atoms with Crippen molar-refractivity contribution in [2.45, 2.75) is 17.7 Å². The van der Waals surface area contributed by atoms with Crippen molar-refractivity contribution in [3.8, 4) is 0 Å². The minimum atomic E-state index is -3.56. The Morgan fingerprint density at radius 3 is 2.34 bits per heavy atom. The van der Waals surface area contributed by atoms with Crippen LogP contribution in [0.25, 0.3) is 0 Å². The van der Waals surface area contributed by atoms with Crippen molar-refractivity contribution >= 4 is 50.8 Å². The number of amides is 1. The molecule has 3 rings (SSSR count). The topological polar surface area (TPSA) is 92.8 Å². The Morgan fingerprint density at radius 1 is 1.03 bits per heavy atom. The number of nitrogens with zero attached hydrogens (tertiary/aromatic N) is 1. The number of carbonyl (C=O) groups is 2. The fourth-order valence-corrected chi connectivity index (χ4v) is 4.69. The monoisotopic (exact) mass is 456 g/mol. The van der Waals surface area contributed by atoms with Gasteiger partial charge in [-0.3, -0.25) is 4.79 Å². The van der Waals surface area contributed by atoms with Crippen molar-refractivity contribution < 1.29 is 22.7 Å². The lowest BCUT2D eigenvalue weighted by atomic mass is 10.2. The second-order valence-corrected chi connectivity index (χ2v) is 9.17. The van der Waals surface area contributed by atoms with Crippen LogP contribution in [0.3, 0.4) is 0 Å². The lowest BCUT2D eigenvalue weighted by molar-refractivity contribution is -0.119. The summed E-state index contributed by atoms with van der Waals surface area (Å²) in [5.74, 6) is -1.33. The zero-order valence-corrected chi connectivity index (χ0v) is 17.6. The number of anilines is 1. The van der Waals surface area contributed by atoms with Crippen LogP contribution < -0.4 is 5.32 Å². The minimum Gasteiger partial charge on any atom is -0.452 e.